The number of nitriles is 1. The van der Waals surface area contributed by atoms with Crippen molar-refractivity contribution >= 4 is 6.21 Å². The predicted octanol–water partition coefficient (Wildman–Crippen LogP) is 3.66. The Kier molecular flexibility index (Phi) is 3.12. The van der Waals surface area contributed by atoms with Crippen LogP contribution in [0.1, 0.15) is 34.7 Å². The van der Waals surface area contributed by atoms with Crippen LogP contribution >= 0.6 is 0 Å². The third kappa shape index (κ3) is 2.41. The minimum absolute atomic E-state index is 0.221. The lowest BCUT2D eigenvalue weighted by Gasteiger charge is -2.10. The molecule has 0 spiro atoms. The van der Waals surface area contributed by atoms with Gasteiger partial charge in [-0.25, -0.2) is 0 Å². The van der Waals surface area contributed by atoms with E-state index in [1.54, 1.807) is 0 Å². The number of rotatable bonds is 1. The summed E-state index contributed by atoms with van der Waals surface area (Å²) in [6, 6.07) is 18.6. The van der Waals surface area contributed by atoms with E-state index in [4.69, 9.17) is 5.26 Å². The van der Waals surface area contributed by atoms with Gasteiger partial charge < -0.3 is 0 Å². The second kappa shape index (κ2) is 5.07. The van der Waals surface area contributed by atoms with Crippen molar-refractivity contribution in [3.63, 3.8) is 0 Å². The molecule has 19 heavy (non-hydrogen) atoms. The molecule has 2 aromatic rings. The molecule has 3 rings (SSSR count). The molecule has 1 unspecified atom stereocenters. The van der Waals surface area contributed by atoms with E-state index in [1.165, 1.54) is 11.1 Å². The Balaban J connectivity index is 1.92. The second-order valence-corrected chi connectivity index (χ2v) is 4.77. The zero-order valence-electron chi connectivity index (χ0n) is 10.6. The van der Waals surface area contributed by atoms with Crippen LogP contribution in [0.4, 0.5) is 0 Å². The lowest BCUT2D eigenvalue weighted by molar-refractivity contribution is 0.663. The summed E-state index contributed by atoms with van der Waals surface area (Å²) in [6.07, 6.45) is 3.93. The molecule has 1 aliphatic heterocycles. The Morgan fingerprint density at radius 3 is 2.74 bits per heavy atom. The Bertz CT molecular complexity index is 651. The fourth-order valence-electron chi connectivity index (χ4n) is 2.48. The Labute approximate surface area is 113 Å². The van der Waals surface area contributed by atoms with Crippen molar-refractivity contribution in [1.82, 2.24) is 0 Å². The van der Waals surface area contributed by atoms with Crippen LogP contribution in [0, 0.1) is 11.3 Å². The molecule has 0 fully saturated rings. The smallest absolute Gasteiger partial charge is 0.0991 e. The van der Waals surface area contributed by atoms with Crippen molar-refractivity contribution in [2.24, 2.45) is 4.99 Å². The van der Waals surface area contributed by atoms with Gasteiger partial charge in [0.15, 0.2) is 0 Å². The Morgan fingerprint density at radius 1 is 1.11 bits per heavy atom. The van der Waals surface area contributed by atoms with Crippen molar-refractivity contribution in [2.45, 2.75) is 18.9 Å². The van der Waals surface area contributed by atoms with Crippen LogP contribution in [-0.4, -0.2) is 6.21 Å². The number of hydrogen-bond acceptors (Lipinski definition) is 2. The van der Waals surface area contributed by atoms with Crippen LogP contribution in [0.5, 0.6) is 0 Å². The van der Waals surface area contributed by atoms with Crippen LogP contribution in [0.3, 0.4) is 0 Å². The highest BCUT2D eigenvalue weighted by Crippen LogP contribution is 2.27. The van der Waals surface area contributed by atoms with E-state index in [0.29, 0.717) is 5.56 Å². The molecule has 2 heteroatoms. The first-order chi connectivity index (χ1) is 9.36. The molecular formula is C17H14N2. The third-order valence-corrected chi connectivity index (χ3v) is 3.54. The van der Waals surface area contributed by atoms with E-state index in [2.05, 4.69) is 35.3 Å². The van der Waals surface area contributed by atoms with Crippen molar-refractivity contribution in [1.29, 1.82) is 5.26 Å². The number of fused-ring (bicyclic) bond motifs is 1. The van der Waals surface area contributed by atoms with Gasteiger partial charge >= 0.3 is 0 Å². The highest BCUT2D eigenvalue weighted by Gasteiger charge is 2.14. The Morgan fingerprint density at radius 2 is 1.95 bits per heavy atom. The molecular weight excluding hydrogens is 232 g/mol. The fraction of sp³-hybridized carbons (Fsp3) is 0.176. The molecule has 0 amide bonds. The number of nitrogens with zero attached hydrogens (tertiary/aromatic N) is 2. The molecule has 1 heterocycles. The van der Waals surface area contributed by atoms with Gasteiger partial charge in [0.25, 0.3) is 0 Å². The molecule has 2 nitrogen and oxygen atoms in total. The normalized spacial score (nSPS) is 17.3. The summed E-state index contributed by atoms with van der Waals surface area (Å²) in [6.45, 7) is 0. The van der Waals surface area contributed by atoms with Crippen molar-refractivity contribution in [3.8, 4) is 6.07 Å². The number of hydrogen-bond donors (Lipinski definition) is 0. The van der Waals surface area contributed by atoms with Crippen LogP contribution in [0.25, 0.3) is 0 Å². The minimum atomic E-state index is 0.221. The zero-order chi connectivity index (χ0) is 13.1. The van der Waals surface area contributed by atoms with Gasteiger partial charge in [-0.2, -0.15) is 5.26 Å². The van der Waals surface area contributed by atoms with Crippen LogP contribution in [-0.2, 0) is 6.42 Å². The predicted molar refractivity (Wildman–Crippen MR) is 76.3 cm³/mol. The molecule has 0 aromatic heterocycles. The maximum atomic E-state index is 8.94. The minimum Gasteiger partial charge on any atom is -0.284 e. The van der Waals surface area contributed by atoms with E-state index < -0.39 is 0 Å². The molecule has 92 valence electrons. The maximum absolute atomic E-state index is 8.94. The first-order valence-electron chi connectivity index (χ1n) is 6.48. The summed E-state index contributed by atoms with van der Waals surface area (Å²) in [5.74, 6) is 0. The molecule has 0 saturated carbocycles. The topological polar surface area (TPSA) is 36.1 Å². The summed E-state index contributed by atoms with van der Waals surface area (Å²) >= 11 is 0. The molecule has 0 radical (unpaired) electrons. The first kappa shape index (κ1) is 11.7. The average Bonchev–Trinajstić information content (AvgIpc) is 2.70. The summed E-state index contributed by atoms with van der Waals surface area (Å²) in [4.78, 5) is 4.68. The van der Waals surface area contributed by atoms with Gasteiger partial charge in [-0.1, -0.05) is 36.4 Å². The van der Waals surface area contributed by atoms with Crippen molar-refractivity contribution in [3.05, 3.63) is 70.8 Å². The molecule has 0 saturated heterocycles. The van der Waals surface area contributed by atoms with Crippen molar-refractivity contribution < 1.29 is 0 Å². The fourth-order valence-corrected chi connectivity index (χ4v) is 2.48. The van der Waals surface area contributed by atoms with E-state index in [-0.39, 0.29) is 6.04 Å². The molecule has 1 aliphatic rings. The third-order valence-electron chi connectivity index (χ3n) is 3.54. The largest absolute Gasteiger partial charge is 0.284 e. The van der Waals surface area contributed by atoms with E-state index >= 15 is 0 Å². The molecule has 2 aromatic carbocycles. The van der Waals surface area contributed by atoms with E-state index in [9.17, 15) is 0 Å². The number of aliphatic imine (C=N–C) groups is 1. The van der Waals surface area contributed by atoms with Crippen molar-refractivity contribution in [2.75, 3.05) is 0 Å². The zero-order valence-corrected chi connectivity index (χ0v) is 10.6. The van der Waals surface area contributed by atoms with Gasteiger partial charge in [-0.15, -0.1) is 0 Å². The van der Waals surface area contributed by atoms with Gasteiger partial charge in [-0.3, -0.25) is 4.99 Å². The Hall–Kier alpha value is -2.40. The highest BCUT2D eigenvalue weighted by molar-refractivity contribution is 5.83. The summed E-state index contributed by atoms with van der Waals surface area (Å²) in [7, 11) is 0. The SMILES string of the molecule is N#Cc1ccc2c(c1)C=NC(c1ccccc1)CC2. The quantitative estimate of drug-likeness (QED) is 0.756. The van der Waals surface area contributed by atoms with Gasteiger partial charge in [-0.05, 0) is 41.7 Å². The summed E-state index contributed by atoms with van der Waals surface area (Å²) < 4.78 is 0. The molecule has 0 bridgehead atoms. The van der Waals surface area contributed by atoms with Crippen LogP contribution in [0.15, 0.2) is 53.5 Å². The second-order valence-electron chi connectivity index (χ2n) is 4.77. The molecule has 0 aliphatic carbocycles. The lowest BCUT2D eigenvalue weighted by atomic mass is 9.98. The monoisotopic (exact) mass is 246 g/mol. The first-order valence-corrected chi connectivity index (χ1v) is 6.48. The number of benzene rings is 2. The average molecular weight is 246 g/mol. The molecule has 1 atom stereocenters. The van der Waals surface area contributed by atoms with Gasteiger partial charge in [0.2, 0.25) is 0 Å². The van der Waals surface area contributed by atoms with Crippen LogP contribution in [0.2, 0.25) is 0 Å². The summed E-state index contributed by atoms with van der Waals surface area (Å²) in [5, 5.41) is 8.94. The maximum Gasteiger partial charge on any atom is 0.0991 e. The molecule has 0 N–H and O–H groups in total. The number of aryl methyl sites for hydroxylation is 1. The standard InChI is InChI=1S/C17H14N2/c18-11-13-6-7-14-8-9-17(19-12-16(14)10-13)15-4-2-1-3-5-15/h1-7,10,12,17H,8-9H2. The van der Waals surface area contributed by atoms with E-state index in [1.807, 2.05) is 30.5 Å². The highest BCUT2D eigenvalue weighted by atomic mass is 14.8. The summed E-state index contributed by atoms with van der Waals surface area (Å²) in [5.41, 5.74) is 4.31. The van der Waals surface area contributed by atoms with E-state index in [0.717, 1.165) is 18.4 Å². The van der Waals surface area contributed by atoms with Crippen LogP contribution < -0.4 is 0 Å². The van der Waals surface area contributed by atoms with Gasteiger partial charge in [0.05, 0.1) is 17.7 Å². The lowest BCUT2D eigenvalue weighted by Crippen LogP contribution is -1.96. The van der Waals surface area contributed by atoms with Gasteiger partial charge in [0, 0.05) is 6.21 Å². The van der Waals surface area contributed by atoms with Gasteiger partial charge in [0.1, 0.15) is 0 Å².